The summed E-state index contributed by atoms with van der Waals surface area (Å²) >= 11 is 0. The van der Waals surface area contributed by atoms with Gasteiger partial charge in [0.1, 0.15) is 6.73 Å². The molecule has 0 saturated heterocycles. The molecule has 0 spiro atoms. The summed E-state index contributed by atoms with van der Waals surface area (Å²) in [6, 6.07) is 6.19. The standard InChI is InChI=1S/C14H22N4O2Si/c1-21(2,3)10-9-20-11-17-8-6-13(16-17)18-7-4-5-12(15)14(18)19/h4-8H,9-11,15H2,1-3H3. The van der Waals surface area contributed by atoms with E-state index in [4.69, 9.17) is 10.5 Å². The van der Waals surface area contributed by atoms with Gasteiger partial charge in [0.25, 0.3) is 5.56 Å². The van der Waals surface area contributed by atoms with Crippen LogP contribution in [0, 0.1) is 0 Å². The first-order valence-corrected chi connectivity index (χ1v) is 10.7. The Morgan fingerprint density at radius 2 is 2.05 bits per heavy atom. The second kappa shape index (κ2) is 6.27. The number of pyridine rings is 1. The molecule has 2 rings (SSSR count). The molecule has 0 fully saturated rings. The van der Waals surface area contributed by atoms with Crippen molar-refractivity contribution in [3.63, 3.8) is 0 Å². The zero-order valence-corrected chi connectivity index (χ0v) is 13.7. The molecule has 114 valence electrons. The first-order valence-electron chi connectivity index (χ1n) is 6.95. The molecule has 0 amide bonds. The summed E-state index contributed by atoms with van der Waals surface area (Å²) in [7, 11) is -1.07. The summed E-state index contributed by atoms with van der Waals surface area (Å²) in [4.78, 5) is 11.9. The Bertz CT molecular complexity index is 657. The number of aromatic nitrogens is 3. The number of rotatable bonds is 6. The Hall–Kier alpha value is -1.86. The highest BCUT2D eigenvalue weighted by molar-refractivity contribution is 6.76. The van der Waals surface area contributed by atoms with Gasteiger partial charge in [-0.3, -0.25) is 9.36 Å². The van der Waals surface area contributed by atoms with Gasteiger partial charge in [0.15, 0.2) is 5.82 Å². The van der Waals surface area contributed by atoms with Crippen molar-refractivity contribution in [3.8, 4) is 5.82 Å². The van der Waals surface area contributed by atoms with Crippen molar-refractivity contribution in [1.82, 2.24) is 14.3 Å². The van der Waals surface area contributed by atoms with E-state index in [2.05, 4.69) is 24.7 Å². The largest absolute Gasteiger partial charge is 0.394 e. The number of hydrogen-bond acceptors (Lipinski definition) is 4. The molecule has 0 aromatic carbocycles. The van der Waals surface area contributed by atoms with Crippen LogP contribution in [-0.4, -0.2) is 29.0 Å². The molecule has 0 aliphatic rings. The molecule has 0 unspecified atom stereocenters. The Morgan fingerprint density at radius 3 is 2.76 bits per heavy atom. The van der Waals surface area contributed by atoms with Gasteiger partial charge in [-0.2, -0.15) is 5.10 Å². The van der Waals surface area contributed by atoms with Crippen LogP contribution in [0.2, 0.25) is 25.7 Å². The molecule has 21 heavy (non-hydrogen) atoms. The molecule has 0 radical (unpaired) electrons. The predicted octanol–water partition coefficient (Wildman–Crippen LogP) is 1.93. The molecule has 7 heteroatoms. The van der Waals surface area contributed by atoms with Crippen molar-refractivity contribution >= 4 is 13.8 Å². The summed E-state index contributed by atoms with van der Waals surface area (Å²) in [5.41, 5.74) is 5.56. The van der Waals surface area contributed by atoms with Gasteiger partial charge in [-0.15, -0.1) is 0 Å². The van der Waals surface area contributed by atoms with E-state index in [0.29, 0.717) is 12.5 Å². The van der Waals surface area contributed by atoms with Crippen molar-refractivity contribution < 1.29 is 4.74 Å². The van der Waals surface area contributed by atoms with E-state index >= 15 is 0 Å². The smallest absolute Gasteiger partial charge is 0.279 e. The second-order valence-corrected chi connectivity index (χ2v) is 11.8. The van der Waals surface area contributed by atoms with Gasteiger partial charge in [0.05, 0.1) is 5.69 Å². The number of hydrogen-bond donors (Lipinski definition) is 1. The predicted molar refractivity (Wildman–Crippen MR) is 86.3 cm³/mol. The number of nitrogens with zero attached hydrogens (tertiary/aromatic N) is 3. The second-order valence-electron chi connectivity index (χ2n) is 6.20. The number of nitrogen functional groups attached to an aromatic ring is 1. The SMILES string of the molecule is C[Si](C)(C)CCOCn1ccc(-n2cccc(N)c2=O)n1. The zero-order chi connectivity index (χ0) is 15.5. The highest BCUT2D eigenvalue weighted by Gasteiger charge is 2.12. The lowest BCUT2D eigenvalue weighted by atomic mass is 10.4. The molecule has 2 N–H and O–H groups in total. The van der Waals surface area contributed by atoms with Crippen molar-refractivity contribution in [2.24, 2.45) is 0 Å². The van der Waals surface area contributed by atoms with E-state index < -0.39 is 8.07 Å². The molecule has 2 aromatic heterocycles. The van der Waals surface area contributed by atoms with Crippen LogP contribution in [0.3, 0.4) is 0 Å². The van der Waals surface area contributed by atoms with Crippen LogP contribution in [0.5, 0.6) is 0 Å². The van der Waals surface area contributed by atoms with Crippen molar-refractivity contribution in [2.75, 3.05) is 12.3 Å². The van der Waals surface area contributed by atoms with Gasteiger partial charge < -0.3 is 10.5 Å². The van der Waals surface area contributed by atoms with Crippen LogP contribution in [0.1, 0.15) is 0 Å². The first kappa shape index (κ1) is 15.5. The number of anilines is 1. The van der Waals surface area contributed by atoms with Gasteiger partial charge >= 0.3 is 0 Å². The van der Waals surface area contributed by atoms with E-state index in [9.17, 15) is 4.79 Å². The first-order chi connectivity index (χ1) is 9.87. The van der Waals surface area contributed by atoms with Crippen molar-refractivity contribution in [1.29, 1.82) is 0 Å². The lowest BCUT2D eigenvalue weighted by Crippen LogP contribution is -2.22. The van der Waals surface area contributed by atoms with Gasteiger partial charge in [-0.05, 0) is 18.2 Å². The third kappa shape index (κ3) is 4.30. The summed E-state index contributed by atoms with van der Waals surface area (Å²) in [5.74, 6) is 0.543. The molecule has 0 saturated carbocycles. The summed E-state index contributed by atoms with van der Waals surface area (Å²) < 4.78 is 8.72. The maximum Gasteiger partial charge on any atom is 0.279 e. The van der Waals surface area contributed by atoms with E-state index in [1.807, 2.05) is 0 Å². The summed E-state index contributed by atoms with van der Waals surface area (Å²) in [5, 5.41) is 4.33. The Kier molecular flexibility index (Phi) is 4.64. The van der Waals surface area contributed by atoms with E-state index in [-0.39, 0.29) is 11.2 Å². The van der Waals surface area contributed by atoms with Crippen LogP contribution >= 0.6 is 0 Å². The van der Waals surface area contributed by atoms with Crippen molar-refractivity contribution in [2.45, 2.75) is 32.4 Å². The molecular weight excluding hydrogens is 284 g/mol. The minimum Gasteiger partial charge on any atom is -0.394 e. The van der Waals surface area contributed by atoms with Gasteiger partial charge in [-0.1, -0.05) is 19.6 Å². The fourth-order valence-electron chi connectivity index (χ4n) is 1.78. The van der Waals surface area contributed by atoms with Crippen molar-refractivity contribution in [3.05, 3.63) is 40.9 Å². The highest BCUT2D eigenvalue weighted by atomic mass is 28.3. The maximum atomic E-state index is 11.9. The molecular formula is C14H22N4O2Si. The van der Waals surface area contributed by atoms with Crippen LogP contribution in [0.15, 0.2) is 35.4 Å². The average molecular weight is 306 g/mol. The summed E-state index contributed by atoms with van der Waals surface area (Å²) in [6.45, 7) is 8.07. The Balaban J connectivity index is 1.99. The normalized spacial score (nSPS) is 11.8. The molecule has 2 aromatic rings. The molecule has 0 bridgehead atoms. The van der Waals surface area contributed by atoms with E-state index in [0.717, 1.165) is 12.7 Å². The third-order valence-electron chi connectivity index (χ3n) is 3.07. The molecule has 0 atom stereocenters. The molecule has 2 heterocycles. The van der Waals surface area contributed by atoms with E-state index in [1.165, 1.54) is 4.57 Å². The molecule has 0 aliphatic heterocycles. The van der Waals surface area contributed by atoms with Gasteiger partial charge in [-0.25, -0.2) is 4.68 Å². The summed E-state index contributed by atoms with van der Waals surface area (Å²) in [6.07, 6.45) is 3.44. The van der Waals surface area contributed by atoms with Crippen LogP contribution in [0.4, 0.5) is 5.69 Å². The highest BCUT2D eigenvalue weighted by Crippen LogP contribution is 2.08. The monoisotopic (exact) mass is 306 g/mol. The van der Waals surface area contributed by atoms with Gasteiger partial charge in [0.2, 0.25) is 0 Å². The number of ether oxygens (including phenoxy) is 1. The fourth-order valence-corrected chi connectivity index (χ4v) is 2.54. The topological polar surface area (TPSA) is 75.1 Å². The minimum absolute atomic E-state index is 0.207. The Labute approximate surface area is 125 Å². The lowest BCUT2D eigenvalue weighted by Gasteiger charge is -2.15. The quantitative estimate of drug-likeness (QED) is 0.653. The fraction of sp³-hybridized carbons (Fsp3) is 0.429. The zero-order valence-electron chi connectivity index (χ0n) is 12.7. The van der Waals surface area contributed by atoms with Crippen LogP contribution < -0.4 is 11.3 Å². The number of nitrogens with two attached hydrogens (primary N) is 1. The van der Waals surface area contributed by atoms with Crippen LogP contribution in [-0.2, 0) is 11.5 Å². The Morgan fingerprint density at radius 1 is 1.29 bits per heavy atom. The molecule has 6 nitrogen and oxygen atoms in total. The minimum atomic E-state index is -1.07. The molecule has 0 aliphatic carbocycles. The van der Waals surface area contributed by atoms with Gasteiger partial charge in [0, 0.05) is 33.1 Å². The van der Waals surface area contributed by atoms with E-state index in [1.54, 1.807) is 35.3 Å². The lowest BCUT2D eigenvalue weighted by molar-refractivity contribution is 0.0785. The van der Waals surface area contributed by atoms with Crippen LogP contribution in [0.25, 0.3) is 5.82 Å². The average Bonchev–Trinajstić information content (AvgIpc) is 2.85. The maximum absolute atomic E-state index is 11.9. The third-order valence-corrected chi connectivity index (χ3v) is 4.77.